The summed E-state index contributed by atoms with van der Waals surface area (Å²) >= 11 is 14.1. The number of rotatable bonds is 4. The van der Waals surface area contributed by atoms with Gasteiger partial charge in [0, 0.05) is 43.0 Å². The largest absolute Gasteiger partial charge is 0.352 e. The number of piperazine rings is 1. The van der Waals surface area contributed by atoms with Gasteiger partial charge in [-0.25, -0.2) is 9.97 Å². The fourth-order valence-electron chi connectivity index (χ4n) is 5.38. The van der Waals surface area contributed by atoms with Gasteiger partial charge in [-0.05, 0) is 55.0 Å². The second kappa shape index (κ2) is 10.6. The van der Waals surface area contributed by atoms with Crippen molar-refractivity contribution < 1.29 is 4.79 Å². The molecule has 37 heavy (non-hydrogen) atoms. The summed E-state index contributed by atoms with van der Waals surface area (Å²) in [6.45, 7) is 2.72. The lowest BCUT2D eigenvalue weighted by atomic mass is 10.1. The van der Waals surface area contributed by atoms with Crippen molar-refractivity contribution in [2.24, 2.45) is 0 Å². The number of amides is 1. The molecule has 0 N–H and O–H groups in total. The molecule has 2 aliphatic rings. The third-order valence-corrected chi connectivity index (χ3v) is 9.25. The first-order chi connectivity index (χ1) is 18.1. The normalized spacial score (nSPS) is 16.1. The van der Waals surface area contributed by atoms with E-state index in [1.165, 1.54) is 40.7 Å². The third-order valence-electron chi connectivity index (χ3n) is 7.33. The van der Waals surface area contributed by atoms with E-state index < -0.39 is 0 Å². The maximum Gasteiger partial charge on any atom is 0.254 e. The Morgan fingerprint density at radius 1 is 0.892 bits per heavy atom. The van der Waals surface area contributed by atoms with Crippen molar-refractivity contribution in [1.29, 1.82) is 0 Å². The Morgan fingerprint density at radius 2 is 1.68 bits per heavy atom. The number of fused-ring (bicyclic) bond motifs is 3. The van der Waals surface area contributed by atoms with Crippen molar-refractivity contribution in [2.45, 2.75) is 38.5 Å². The Morgan fingerprint density at radius 3 is 2.46 bits per heavy atom. The Labute approximate surface area is 231 Å². The topological polar surface area (TPSA) is 49.3 Å². The van der Waals surface area contributed by atoms with Crippen molar-refractivity contribution in [3.63, 3.8) is 0 Å². The first kappa shape index (κ1) is 24.7. The van der Waals surface area contributed by atoms with E-state index in [0.29, 0.717) is 35.1 Å². The Hall–Kier alpha value is -2.67. The molecule has 1 aliphatic carbocycles. The van der Waals surface area contributed by atoms with Crippen LogP contribution in [0.25, 0.3) is 10.2 Å². The van der Waals surface area contributed by atoms with Crippen LogP contribution in [0, 0.1) is 0 Å². The molecule has 1 amide bonds. The SMILES string of the molecule is O=C(c1ccc(Cl)c(Cl)c1)N1CCN(c2nc(Cc3ccccc3)nc3sc4c(c23)CCCCC4)CC1. The summed E-state index contributed by atoms with van der Waals surface area (Å²) < 4.78 is 0. The summed E-state index contributed by atoms with van der Waals surface area (Å²) in [5, 5.41) is 2.10. The molecule has 0 spiro atoms. The Balaban J connectivity index is 1.30. The minimum Gasteiger partial charge on any atom is -0.352 e. The molecule has 0 bridgehead atoms. The maximum atomic E-state index is 13.1. The zero-order chi connectivity index (χ0) is 25.4. The standard InChI is InChI=1S/C29H28Cl2N4OS/c30-22-12-11-20(18-23(22)31)29(36)35-15-13-34(14-16-35)27-26-21-9-5-2-6-10-24(21)37-28(26)33-25(32-27)17-19-7-3-1-4-8-19/h1,3-4,7-8,11-12,18H,2,5-6,9-10,13-17H2. The third kappa shape index (κ3) is 5.07. The summed E-state index contributed by atoms with van der Waals surface area (Å²) in [6, 6.07) is 15.5. The van der Waals surface area contributed by atoms with Gasteiger partial charge in [0.15, 0.2) is 0 Å². The number of benzene rings is 2. The highest BCUT2D eigenvalue weighted by Gasteiger charge is 2.28. The first-order valence-electron chi connectivity index (χ1n) is 12.9. The molecule has 2 aromatic heterocycles. The van der Waals surface area contributed by atoms with Crippen molar-refractivity contribution in [2.75, 3.05) is 31.1 Å². The molecule has 190 valence electrons. The molecule has 8 heteroatoms. The van der Waals surface area contributed by atoms with Gasteiger partial charge in [-0.2, -0.15) is 0 Å². The smallest absolute Gasteiger partial charge is 0.254 e. The summed E-state index contributed by atoms with van der Waals surface area (Å²) in [7, 11) is 0. The quantitative estimate of drug-likeness (QED) is 0.261. The zero-order valence-electron chi connectivity index (χ0n) is 20.6. The van der Waals surface area contributed by atoms with E-state index in [2.05, 4.69) is 29.2 Å². The lowest BCUT2D eigenvalue weighted by Crippen LogP contribution is -2.49. The number of nitrogens with zero attached hydrogens (tertiary/aromatic N) is 4. The summed E-state index contributed by atoms with van der Waals surface area (Å²) in [5.41, 5.74) is 3.23. The molecule has 4 aromatic rings. The molecule has 3 heterocycles. The second-order valence-electron chi connectivity index (χ2n) is 9.78. The summed E-state index contributed by atoms with van der Waals surface area (Å²) in [6.07, 6.45) is 6.68. The van der Waals surface area contributed by atoms with Gasteiger partial charge in [0.1, 0.15) is 16.5 Å². The van der Waals surface area contributed by atoms with Crippen molar-refractivity contribution in [3.05, 3.63) is 86.0 Å². The molecule has 0 saturated carbocycles. The molecule has 0 atom stereocenters. The fourth-order valence-corrected chi connectivity index (χ4v) is 6.95. The number of hydrogen-bond acceptors (Lipinski definition) is 5. The molecule has 1 saturated heterocycles. The predicted octanol–water partition coefficient (Wildman–Crippen LogP) is 6.82. The number of aromatic nitrogens is 2. The minimum atomic E-state index is -0.0137. The predicted molar refractivity (Wildman–Crippen MR) is 153 cm³/mol. The van der Waals surface area contributed by atoms with Crippen LogP contribution in [0.2, 0.25) is 10.0 Å². The van der Waals surface area contributed by atoms with Crippen molar-refractivity contribution in [3.8, 4) is 0 Å². The van der Waals surface area contributed by atoms with Crippen molar-refractivity contribution in [1.82, 2.24) is 14.9 Å². The zero-order valence-corrected chi connectivity index (χ0v) is 22.9. The van der Waals surface area contributed by atoms with Gasteiger partial charge in [0.25, 0.3) is 5.91 Å². The molecule has 0 unspecified atom stereocenters. The lowest BCUT2D eigenvalue weighted by Gasteiger charge is -2.36. The monoisotopic (exact) mass is 550 g/mol. The molecular weight excluding hydrogens is 523 g/mol. The minimum absolute atomic E-state index is 0.0137. The Bertz CT molecular complexity index is 1450. The lowest BCUT2D eigenvalue weighted by molar-refractivity contribution is 0.0746. The van der Waals surface area contributed by atoms with E-state index in [1.807, 2.05) is 22.3 Å². The van der Waals surface area contributed by atoms with Crippen LogP contribution in [0.3, 0.4) is 0 Å². The molecule has 2 aromatic carbocycles. The summed E-state index contributed by atoms with van der Waals surface area (Å²) in [5.74, 6) is 1.89. The number of carbonyl (C=O) groups is 1. The van der Waals surface area contributed by atoms with Crippen LogP contribution < -0.4 is 4.90 Å². The fraction of sp³-hybridized carbons (Fsp3) is 0.345. The number of thiophene rings is 1. The number of aryl methyl sites for hydroxylation is 2. The van der Waals surface area contributed by atoms with Crippen LogP contribution in [0.4, 0.5) is 5.82 Å². The van der Waals surface area contributed by atoms with Gasteiger partial charge in [-0.15, -0.1) is 11.3 Å². The van der Waals surface area contributed by atoms with Crippen molar-refractivity contribution >= 4 is 56.5 Å². The second-order valence-corrected chi connectivity index (χ2v) is 11.7. The first-order valence-corrected chi connectivity index (χ1v) is 14.5. The van der Waals surface area contributed by atoms with E-state index in [-0.39, 0.29) is 5.91 Å². The molecular formula is C29H28Cl2N4OS. The van der Waals surface area contributed by atoms with Gasteiger partial charge >= 0.3 is 0 Å². The molecule has 0 radical (unpaired) electrons. The molecule has 1 fully saturated rings. The van der Waals surface area contributed by atoms with Crippen LogP contribution in [0.1, 0.15) is 51.4 Å². The van der Waals surface area contributed by atoms with Gasteiger partial charge in [0.2, 0.25) is 0 Å². The van der Waals surface area contributed by atoms with Gasteiger partial charge in [0.05, 0.1) is 15.4 Å². The maximum absolute atomic E-state index is 13.1. The number of anilines is 1. The van der Waals surface area contributed by atoms with Crippen LogP contribution >= 0.6 is 34.5 Å². The highest BCUT2D eigenvalue weighted by atomic mass is 35.5. The van der Waals surface area contributed by atoms with Gasteiger partial charge in [-0.3, -0.25) is 4.79 Å². The van der Waals surface area contributed by atoms with E-state index in [0.717, 1.165) is 42.4 Å². The number of halogens is 2. The Kier molecular flexibility index (Phi) is 7.06. The average Bonchev–Trinajstić information content (AvgIpc) is 3.10. The van der Waals surface area contributed by atoms with Gasteiger partial charge < -0.3 is 9.80 Å². The van der Waals surface area contributed by atoms with Crippen LogP contribution in [0.15, 0.2) is 48.5 Å². The average molecular weight is 552 g/mol. The van der Waals surface area contributed by atoms with Crippen LogP contribution in [0.5, 0.6) is 0 Å². The molecule has 1 aliphatic heterocycles. The molecule has 5 nitrogen and oxygen atoms in total. The van der Waals surface area contributed by atoms with E-state index in [1.54, 1.807) is 18.2 Å². The van der Waals surface area contributed by atoms with E-state index in [4.69, 9.17) is 33.2 Å². The highest BCUT2D eigenvalue weighted by molar-refractivity contribution is 7.19. The summed E-state index contributed by atoms with van der Waals surface area (Å²) in [4.78, 5) is 30.2. The van der Waals surface area contributed by atoms with E-state index >= 15 is 0 Å². The van der Waals surface area contributed by atoms with Gasteiger partial charge in [-0.1, -0.05) is 60.0 Å². The number of carbonyl (C=O) groups excluding carboxylic acids is 1. The highest BCUT2D eigenvalue weighted by Crippen LogP contribution is 2.39. The number of hydrogen-bond donors (Lipinski definition) is 0. The van der Waals surface area contributed by atoms with E-state index in [9.17, 15) is 4.79 Å². The van der Waals surface area contributed by atoms with Crippen LogP contribution in [-0.4, -0.2) is 47.0 Å². The molecule has 6 rings (SSSR count). The van der Waals surface area contributed by atoms with Crippen LogP contribution in [-0.2, 0) is 19.3 Å².